The van der Waals surface area contributed by atoms with E-state index in [4.69, 9.17) is 0 Å². The van der Waals surface area contributed by atoms with Crippen molar-refractivity contribution >= 4 is 11.9 Å². The average molecular weight is 391 g/mol. The van der Waals surface area contributed by atoms with Crippen LogP contribution in [0.5, 0.6) is 0 Å². The third kappa shape index (κ3) is 3.48. The van der Waals surface area contributed by atoms with Gasteiger partial charge in [0.25, 0.3) is 5.91 Å². The lowest BCUT2D eigenvalue weighted by atomic mass is 9.89. The molecule has 1 heterocycles. The van der Waals surface area contributed by atoms with Crippen molar-refractivity contribution in [3.8, 4) is 11.1 Å². The van der Waals surface area contributed by atoms with Gasteiger partial charge in [-0.3, -0.25) is 9.59 Å². The molecule has 148 valence electrons. The molecule has 7 heteroatoms. The number of benzene rings is 2. The van der Waals surface area contributed by atoms with Crippen LogP contribution < -0.4 is 0 Å². The van der Waals surface area contributed by atoms with E-state index in [0.29, 0.717) is 12.0 Å². The second-order valence-corrected chi connectivity index (χ2v) is 6.65. The predicted molar refractivity (Wildman–Crippen MR) is 97.5 cm³/mol. The van der Waals surface area contributed by atoms with Gasteiger partial charge < -0.3 is 9.64 Å². The Balaban J connectivity index is 2.17. The first-order valence-electron chi connectivity index (χ1n) is 8.94. The van der Waals surface area contributed by atoms with E-state index in [9.17, 15) is 22.8 Å². The molecule has 2 aromatic carbocycles. The summed E-state index contributed by atoms with van der Waals surface area (Å²) in [6.45, 7) is 1.88. The summed E-state index contributed by atoms with van der Waals surface area (Å²) < 4.78 is 45.9. The summed E-state index contributed by atoms with van der Waals surface area (Å²) in [7, 11) is 0.920. The summed E-state index contributed by atoms with van der Waals surface area (Å²) in [5, 5.41) is 0. The first-order chi connectivity index (χ1) is 13.3. The molecule has 0 aliphatic carbocycles. The Morgan fingerprint density at radius 1 is 1.14 bits per heavy atom. The summed E-state index contributed by atoms with van der Waals surface area (Å²) in [5.74, 6) is -4.34. The zero-order valence-corrected chi connectivity index (χ0v) is 15.5. The van der Waals surface area contributed by atoms with Crippen LogP contribution in [0.2, 0.25) is 0 Å². The van der Waals surface area contributed by atoms with Crippen LogP contribution in [-0.4, -0.2) is 36.6 Å². The number of hydrogen-bond acceptors (Lipinski definition) is 3. The molecule has 2 aromatic rings. The van der Waals surface area contributed by atoms with Gasteiger partial charge in [0.15, 0.2) is 5.92 Å². The molecule has 0 fully saturated rings. The van der Waals surface area contributed by atoms with Crippen molar-refractivity contribution in [2.24, 2.45) is 5.92 Å². The van der Waals surface area contributed by atoms with Gasteiger partial charge in [0.1, 0.15) is 0 Å². The van der Waals surface area contributed by atoms with Gasteiger partial charge in [0.2, 0.25) is 0 Å². The number of nitrogens with zero attached hydrogens (tertiary/aromatic N) is 1. The topological polar surface area (TPSA) is 46.6 Å². The van der Waals surface area contributed by atoms with Gasteiger partial charge in [-0.05, 0) is 35.2 Å². The van der Waals surface area contributed by atoms with Gasteiger partial charge in [0.05, 0.1) is 13.2 Å². The van der Waals surface area contributed by atoms with Crippen LogP contribution in [0.3, 0.4) is 0 Å². The number of rotatable bonds is 5. The van der Waals surface area contributed by atoms with Crippen LogP contribution >= 0.6 is 0 Å². The summed E-state index contributed by atoms with van der Waals surface area (Å²) in [6.07, 6.45) is -4.39. The van der Waals surface area contributed by atoms with E-state index in [1.165, 1.54) is 6.07 Å². The van der Waals surface area contributed by atoms with Crippen molar-refractivity contribution in [3.05, 3.63) is 59.7 Å². The maximum absolute atomic E-state index is 13.8. The summed E-state index contributed by atoms with van der Waals surface area (Å²) in [6, 6.07) is 12.5. The van der Waals surface area contributed by atoms with Crippen LogP contribution in [-0.2, 0) is 9.53 Å². The number of amides is 1. The quantitative estimate of drug-likeness (QED) is 0.699. The lowest BCUT2D eigenvalue weighted by Gasteiger charge is -2.31. The number of carbonyl (C=O) groups excluding carboxylic acids is 2. The molecule has 3 rings (SSSR count). The van der Waals surface area contributed by atoms with E-state index in [-0.39, 0.29) is 17.7 Å². The van der Waals surface area contributed by atoms with Crippen LogP contribution in [0.15, 0.2) is 48.5 Å². The second kappa shape index (κ2) is 7.66. The zero-order chi connectivity index (χ0) is 20.5. The third-order valence-corrected chi connectivity index (χ3v) is 4.89. The molecule has 0 aromatic heterocycles. The van der Waals surface area contributed by atoms with Crippen molar-refractivity contribution < 1.29 is 27.5 Å². The number of alkyl halides is 3. The highest BCUT2D eigenvalue weighted by molar-refractivity contribution is 6.00. The van der Waals surface area contributed by atoms with Crippen molar-refractivity contribution in [3.63, 3.8) is 0 Å². The van der Waals surface area contributed by atoms with E-state index >= 15 is 0 Å². The number of halogens is 3. The van der Waals surface area contributed by atoms with E-state index in [1.54, 1.807) is 19.1 Å². The van der Waals surface area contributed by atoms with E-state index < -0.39 is 30.0 Å². The molecule has 2 unspecified atom stereocenters. The van der Waals surface area contributed by atoms with Gasteiger partial charge in [-0.1, -0.05) is 43.3 Å². The minimum atomic E-state index is -4.85. The molecule has 1 amide bonds. The van der Waals surface area contributed by atoms with E-state index in [0.717, 1.165) is 17.6 Å². The van der Waals surface area contributed by atoms with Crippen molar-refractivity contribution in [2.75, 3.05) is 13.7 Å². The number of fused-ring (bicyclic) bond motifs is 1. The van der Waals surface area contributed by atoms with E-state index in [2.05, 4.69) is 4.74 Å². The van der Waals surface area contributed by atoms with Crippen LogP contribution in [0, 0.1) is 5.92 Å². The standard InChI is InChI=1S/C21H20F3NO3/c1-3-11-25-18(17(20(27)28-2)21(22,23)24)16-12-14(9-10-15(16)19(25)26)13-7-5-4-6-8-13/h4-10,12,17-18H,3,11H2,1-2H3. The highest BCUT2D eigenvalue weighted by atomic mass is 19.4. The fourth-order valence-corrected chi connectivity index (χ4v) is 3.67. The Morgan fingerprint density at radius 2 is 1.82 bits per heavy atom. The lowest BCUT2D eigenvalue weighted by Crippen LogP contribution is -2.43. The molecule has 0 radical (unpaired) electrons. The molecule has 0 spiro atoms. The SMILES string of the molecule is CCCN1C(=O)c2ccc(-c3ccccc3)cc2C1C(C(=O)OC)C(F)(F)F. The molecular weight excluding hydrogens is 371 g/mol. The number of ether oxygens (including phenoxy) is 1. The fourth-order valence-electron chi connectivity index (χ4n) is 3.67. The predicted octanol–water partition coefficient (Wildman–Crippen LogP) is 4.61. The van der Waals surface area contributed by atoms with Gasteiger partial charge in [-0.2, -0.15) is 13.2 Å². The monoisotopic (exact) mass is 391 g/mol. The summed E-state index contributed by atoms with van der Waals surface area (Å²) >= 11 is 0. The number of esters is 1. The first-order valence-corrected chi connectivity index (χ1v) is 8.94. The third-order valence-electron chi connectivity index (χ3n) is 4.89. The summed E-state index contributed by atoms with van der Waals surface area (Å²) in [5.41, 5.74) is 1.89. The number of carbonyl (C=O) groups is 2. The molecule has 0 saturated heterocycles. The van der Waals surface area contributed by atoms with Crippen molar-refractivity contribution in [1.82, 2.24) is 4.90 Å². The highest BCUT2D eigenvalue weighted by Gasteiger charge is 2.56. The molecule has 0 saturated carbocycles. The van der Waals surface area contributed by atoms with E-state index in [1.807, 2.05) is 30.3 Å². The van der Waals surface area contributed by atoms with Gasteiger partial charge in [0, 0.05) is 12.1 Å². The van der Waals surface area contributed by atoms with Crippen molar-refractivity contribution in [2.45, 2.75) is 25.6 Å². The molecule has 2 atom stereocenters. The molecule has 1 aliphatic rings. The second-order valence-electron chi connectivity index (χ2n) is 6.65. The molecule has 0 N–H and O–H groups in total. The van der Waals surface area contributed by atoms with Gasteiger partial charge >= 0.3 is 12.1 Å². The molecule has 4 nitrogen and oxygen atoms in total. The molecule has 28 heavy (non-hydrogen) atoms. The summed E-state index contributed by atoms with van der Waals surface area (Å²) in [4.78, 5) is 26.0. The lowest BCUT2D eigenvalue weighted by molar-refractivity contribution is -0.206. The van der Waals surface area contributed by atoms with Gasteiger partial charge in [-0.15, -0.1) is 0 Å². The van der Waals surface area contributed by atoms with Crippen LogP contribution in [0.4, 0.5) is 13.2 Å². The van der Waals surface area contributed by atoms with Crippen LogP contribution in [0.25, 0.3) is 11.1 Å². The van der Waals surface area contributed by atoms with Gasteiger partial charge in [-0.25, -0.2) is 0 Å². The maximum atomic E-state index is 13.8. The molecule has 1 aliphatic heterocycles. The fraction of sp³-hybridized carbons (Fsp3) is 0.333. The number of hydrogen-bond donors (Lipinski definition) is 0. The zero-order valence-electron chi connectivity index (χ0n) is 15.5. The Kier molecular flexibility index (Phi) is 5.45. The maximum Gasteiger partial charge on any atom is 0.404 e. The Bertz CT molecular complexity index is 880. The number of methoxy groups -OCH3 is 1. The smallest absolute Gasteiger partial charge is 0.404 e. The Hall–Kier alpha value is -2.83. The van der Waals surface area contributed by atoms with Crippen LogP contribution in [0.1, 0.15) is 35.3 Å². The largest absolute Gasteiger partial charge is 0.468 e. The first kappa shape index (κ1) is 19.9. The van der Waals surface area contributed by atoms with Crippen molar-refractivity contribution in [1.29, 1.82) is 0 Å². The Labute approximate surface area is 160 Å². The Morgan fingerprint density at radius 3 is 2.39 bits per heavy atom. The minimum absolute atomic E-state index is 0.114. The minimum Gasteiger partial charge on any atom is -0.468 e. The normalized spacial score (nSPS) is 17.4. The average Bonchev–Trinajstić information content (AvgIpc) is 2.93. The molecule has 0 bridgehead atoms. The molecular formula is C21H20F3NO3. The highest BCUT2D eigenvalue weighted by Crippen LogP contribution is 2.46.